The lowest BCUT2D eigenvalue weighted by molar-refractivity contribution is 0.319. The van der Waals surface area contributed by atoms with Gasteiger partial charge in [-0.05, 0) is 30.9 Å². The molecule has 0 radical (unpaired) electrons. The maximum absolute atomic E-state index is 13.2. The quantitative estimate of drug-likeness (QED) is 0.664. The summed E-state index contributed by atoms with van der Waals surface area (Å²) in [6, 6.07) is 17.0. The molecule has 1 aliphatic rings. The molecule has 1 aliphatic carbocycles. The van der Waals surface area contributed by atoms with Crippen molar-refractivity contribution in [2.75, 3.05) is 0 Å². The first-order valence-corrected chi connectivity index (χ1v) is 9.68. The number of benzene rings is 2. The molecule has 0 saturated heterocycles. The Labute approximate surface area is 158 Å². The van der Waals surface area contributed by atoms with Crippen molar-refractivity contribution in [1.29, 1.82) is 0 Å². The molecule has 0 spiro atoms. The van der Waals surface area contributed by atoms with Crippen molar-refractivity contribution in [1.82, 2.24) is 9.55 Å². The molecule has 27 heavy (non-hydrogen) atoms. The molecule has 0 bridgehead atoms. The van der Waals surface area contributed by atoms with Crippen LogP contribution in [-0.4, -0.2) is 14.7 Å². The van der Waals surface area contributed by atoms with Crippen molar-refractivity contribution in [3.63, 3.8) is 0 Å². The second-order valence-corrected chi connectivity index (χ2v) is 7.30. The van der Waals surface area contributed by atoms with E-state index in [2.05, 4.69) is 4.98 Å². The van der Waals surface area contributed by atoms with Crippen LogP contribution >= 0.6 is 0 Å². The number of rotatable bonds is 4. The number of hydrogen-bond acceptors (Lipinski definition) is 3. The van der Waals surface area contributed by atoms with Crippen LogP contribution in [0.15, 0.2) is 59.4 Å². The number of para-hydroxylation sites is 2. The van der Waals surface area contributed by atoms with Gasteiger partial charge in [-0.1, -0.05) is 61.7 Å². The first-order chi connectivity index (χ1) is 13.2. The third-order valence-corrected chi connectivity index (χ3v) is 5.39. The number of aliphatic hydroxyl groups excluding tert-OH is 1. The van der Waals surface area contributed by atoms with Gasteiger partial charge in [-0.3, -0.25) is 4.79 Å². The maximum Gasteiger partial charge on any atom is 0.277 e. The molecule has 1 saturated carbocycles. The van der Waals surface area contributed by atoms with E-state index in [4.69, 9.17) is 0 Å². The highest BCUT2D eigenvalue weighted by atomic mass is 16.3. The Balaban J connectivity index is 1.79. The summed E-state index contributed by atoms with van der Waals surface area (Å²) in [4.78, 5) is 17.7. The van der Waals surface area contributed by atoms with E-state index in [1.165, 1.54) is 38.2 Å². The monoisotopic (exact) mass is 360 g/mol. The highest BCUT2D eigenvalue weighted by Gasteiger charge is 2.17. The lowest BCUT2D eigenvalue weighted by Gasteiger charge is -2.23. The summed E-state index contributed by atoms with van der Waals surface area (Å²) in [5.74, 6) is 0.585. The lowest BCUT2D eigenvalue weighted by atomic mass is 9.89. The van der Waals surface area contributed by atoms with Crippen LogP contribution < -0.4 is 5.56 Å². The van der Waals surface area contributed by atoms with Crippen LogP contribution in [0.3, 0.4) is 0 Å². The second-order valence-electron chi connectivity index (χ2n) is 7.30. The van der Waals surface area contributed by atoms with Crippen LogP contribution in [0.1, 0.15) is 43.4 Å². The van der Waals surface area contributed by atoms with E-state index < -0.39 is 0 Å². The van der Waals surface area contributed by atoms with E-state index in [0.717, 1.165) is 17.6 Å². The lowest BCUT2D eigenvalue weighted by Crippen LogP contribution is -2.28. The van der Waals surface area contributed by atoms with Crippen LogP contribution in [-0.2, 0) is 6.54 Å². The molecular formula is C23H24N2O2. The summed E-state index contributed by atoms with van der Waals surface area (Å²) in [7, 11) is 0. The van der Waals surface area contributed by atoms with Crippen molar-refractivity contribution >= 4 is 22.9 Å². The molecule has 4 rings (SSSR count). The molecular weight excluding hydrogens is 336 g/mol. The Morgan fingerprint density at radius 2 is 1.74 bits per heavy atom. The Morgan fingerprint density at radius 1 is 1.04 bits per heavy atom. The zero-order valence-corrected chi connectivity index (χ0v) is 15.3. The predicted octanol–water partition coefficient (Wildman–Crippen LogP) is 5.03. The van der Waals surface area contributed by atoms with E-state index >= 15 is 0 Å². The van der Waals surface area contributed by atoms with Crippen molar-refractivity contribution in [2.45, 2.75) is 38.6 Å². The van der Waals surface area contributed by atoms with Crippen LogP contribution in [0.5, 0.6) is 0 Å². The topological polar surface area (TPSA) is 55.1 Å². The average molecular weight is 360 g/mol. The third-order valence-electron chi connectivity index (χ3n) is 5.39. The smallest absolute Gasteiger partial charge is 0.277 e. The van der Waals surface area contributed by atoms with Gasteiger partial charge in [-0.25, -0.2) is 4.98 Å². The molecule has 2 aromatic carbocycles. The molecule has 1 fully saturated rings. The Kier molecular flexibility index (Phi) is 5.05. The van der Waals surface area contributed by atoms with E-state index in [9.17, 15) is 9.90 Å². The van der Waals surface area contributed by atoms with Gasteiger partial charge in [0.25, 0.3) is 5.56 Å². The minimum atomic E-state index is -0.137. The van der Waals surface area contributed by atoms with E-state index in [1.807, 2.05) is 59.2 Å². The summed E-state index contributed by atoms with van der Waals surface area (Å²) >= 11 is 0. The number of hydrogen-bond donors (Lipinski definition) is 1. The van der Waals surface area contributed by atoms with Crippen molar-refractivity contribution < 1.29 is 5.11 Å². The maximum atomic E-state index is 13.2. The van der Waals surface area contributed by atoms with Crippen molar-refractivity contribution in [3.05, 3.63) is 76.2 Å². The van der Waals surface area contributed by atoms with Crippen LogP contribution in [0.2, 0.25) is 0 Å². The Morgan fingerprint density at radius 3 is 2.52 bits per heavy atom. The summed E-state index contributed by atoms with van der Waals surface area (Å²) in [5.41, 5.74) is 2.46. The molecule has 0 aliphatic heterocycles. The van der Waals surface area contributed by atoms with Gasteiger partial charge < -0.3 is 9.67 Å². The van der Waals surface area contributed by atoms with E-state index in [0.29, 0.717) is 11.5 Å². The van der Waals surface area contributed by atoms with Crippen LogP contribution in [0, 0.1) is 5.92 Å². The second kappa shape index (κ2) is 7.78. The average Bonchev–Trinajstić information content (AvgIpc) is 2.72. The molecule has 4 nitrogen and oxygen atoms in total. The van der Waals surface area contributed by atoms with Crippen molar-refractivity contribution in [3.8, 4) is 0 Å². The summed E-state index contributed by atoms with van der Waals surface area (Å²) in [6.07, 6.45) is 7.60. The fourth-order valence-corrected chi connectivity index (χ4v) is 3.94. The van der Waals surface area contributed by atoms with E-state index in [1.54, 1.807) is 0 Å². The molecule has 1 N–H and O–H groups in total. The van der Waals surface area contributed by atoms with Crippen LogP contribution in [0.25, 0.3) is 22.9 Å². The van der Waals surface area contributed by atoms with Gasteiger partial charge in [0.1, 0.15) is 11.5 Å². The number of fused-ring (bicyclic) bond motifs is 1. The molecule has 4 heteroatoms. The van der Waals surface area contributed by atoms with Crippen LogP contribution in [0.4, 0.5) is 0 Å². The summed E-state index contributed by atoms with van der Waals surface area (Å²) < 4.78 is 1.85. The molecule has 1 aromatic heterocycles. The Hall–Kier alpha value is -2.88. The van der Waals surface area contributed by atoms with Crippen molar-refractivity contribution in [2.24, 2.45) is 5.92 Å². The largest absolute Gasteiger partial charge is 0.507 e. The number of aromatic nitrogens is 2. The molecule has 1 heterocycles. The Bertz CT molecular complexity index is 1020. The van der Waals surface area contributed by atoms with E-state index in [-0.39, 0.29) is 17.0 Å². The molecule has 0 amide bonds. The molecule has 0 unspecified atom stereocenters. The van der Waals surface area contributed by atoms with Gasteiger partial charge >= 0.3 is 0 Å². The zero-order chi connectivity index (χ0) is 18.6. The fraction of sp³-hybridized carbons (Fsp3) is 0.304. The zero-order valence-electron chi connectivity index (χ0n) is 15.3. The number of aliphatic hydroxyl groups is 1. The van der Waals surface area contributed by atoms with Gasteiger partial charge in [-0.15, -0.1) is 0 Å². The van der Waals surface area contributed by atoms with Gasteiger partial charge in [0.05, 0.1) is 11.0 Å². The van der Waals surface area contributed by atoms with Gasteiger partial charge in [0.2, 0.25) is 0 Å². The summed E-state index contributed by atoms with van der Waals surface area (Å²) in [5, 5.41) is 10.5. The first-order valence-electron chi connectivity index (χ1n) is 9.68. The highest BCUT2D eigenvalue weighted by Crippen LogP contribution is 2.26. The molecule has 3 aromatic rings. The first kappa shape index (κ1) is 17.5. The third kappa shape index (κ3) is 3.80. The SMILES string of the molecule is O=c1c(/C=C(\O)c2ccccc2)nc2ccccc2n1CC1CCCCC1. The molecule has 138 valence electrons. The van der Waals surface area contributed by atoms with Gasteiger partial charge in [0, 0.05) is 18.2 Å². The number of nitrogens with zero attached hydrogens (tertiary/aromatic N) is 2. The summed E-state index contributed by atoms with van der Waals surface area (Å²) in [6.45, 7) is 0.717. The minimum Gasteiger partial charge on any atom is -0.507 e. The molecule has 0 atom stereocenters. The fourth-order valence-electron chi connectivity index (χ4n) is 3.94. The highest BCUT2D eigenvalue weighted by molar-refractivity contribution is 5.79. The van der Waals surface area contributed by atoms with Gasteiger partial charge in [0.15, 0.2) is 0 Å². The normalized spacial score (nSPS) is 15.9. The minimum absolute atomic E-state index is 0.0553. The predicted molar refractivity (Wildman–Crippen MR) is 110 cm³/mol. The van der Waals surface area contributed by atoms with Gasteiger partial charge in [-0.2, -0.15) is 0 Å². The standard InChI is InChI=1S/C23H24N2O2/c26-22(18-11-5-2-6-12-18)15-20-23(27)25(16-17-9-3-1-4-10-17)21-14-8-7-13-19(21)24-20/h2,5-8,11-15,17,26H,1,3-4,9-10,16H2/b22-15-.